The fourth-order valence-corrected chi connectivity index (χ4v) is 1.58. The van der Waals surface area contributed by atoms with E-state index in [0.717, 1.165) is 12.1 Å². The molecular weight excluding hydrogens is 293 g/mol. The highest BCUT2D eigenvalue weighted by Gasteiger charge is 2.10. The third-order valence-corrected chi connectivity index (χ3v) is 2.62. The van der Waals surface area contributed by atoms with E-state index in [2.05, 4.69) is 22.5 Å². The van der Waals surface area contributed by atoms with Gasteiger partial charge in [0.05, 0.1) is 6.54 Å². The Morgan fingerprint density at radius 2 is 1.64 bits per heavy atom. The topological polar surface area (TPSA) is 41.1 Å². The van der Waals surface area contributed by atoms with Crippen LogP contribution in [0.25, 0.3) is 0 Å². The Morgan fingerprint density at radius 3 is 2.27 bits per heavy atom. The van der Waals surface area contributed by atoms with E-state index in [1.165, 1.54) is 30.3 Å². The third kappa shape index (κ3) is 4.28. The summed E-state index contributed by atoms with van der Waals surface area (Å²) in [5.74, 6) is 3.24. The van der Waals surface area contributed by atoms with Crippen molar-refractivity contribution in [2.75, 3.05) is 11.9 Å². The van der Waals surface area contributed by atoms with Crippen LogP contribution < -0.4 is 10.6 Å². The van der Waals surface area contributed by atoms with Crippen LogP contribution in [0, 0.1) is 29.3 Å². The lowest BCUT2D eigenvalue weighted by Gasteiger charge is -2.07. The molecule has 0 radical (unpaired) electrons. The van der Waals surface area contributed by atoms with Gasteiger partial charge in [-0.3, -0.25) is 0 Å². The number of hydrogen-bond donors (Lipinski definition) is 2. The van der Waals surface area contributed by atoms with Gasteiger partial charge in [-0.15, -0.1) is 0 Å². The van der Waals surface area contributed by atoms with Crippen LogP contribution in [-0.2, 0) is 0 Å². The predicted octanol–water partition coefficient (Wildman–Crippen LogP) is 3.28. The number of carbonyl (C=O) groups excluding carboxylic acids is 1. The van der Waals surface area contributed by atoms with Gasteiger partial charge < -0.3 is 10.6 Å². The van der Waals surface area contributed by atoms with Gasteiger partial charge in [-0.2, -0.15) is 0 Å². The Morgan fingerprint density at radius 1 is 1.00 bits per heavy atom. The second-order valence-corrected chi connectivity index (χ2v) is 4.21. The van der Waals surface area contributed by atoms with Gasteiger partial charge in [-0.05, 0) is 36.4 Å². The van der Waals surface area contributed by atoms with Crippen LogP contribution in [0.4, 0.5) is 23.7 Å². The number of benzene rings is 2. The second kappa shape index (κ2) is 7.18. The summed E-state index contributed by atoms with van der Waals surface area (Å²) >= 11 is 0. The van der Waals surface area contributed by atoms with E-state index in [9.17, 15) is 18.0 Å². The molecule has 0 bridgehead atoms. The molecule has 2 N–H and O–H groups in total. The maximum atomic E-state index is 13.3. The number of amides is 2. The van der Waals surface area contributed by atoms with Gasteiger partial charge in [0, 0.05) is 5.56 Å². The van der Waals surface area contributed by atoms with Crippen LogP contribution in [-0.4, -0.2) is 12.6 Å². The van der Waals surface area contributed by atoms with Crippen molar-refractivity contribution in [3.63, 3.8) is 0 Å². The molecule has 2 amide bonds. The molecule has 0 heterocycles. The first kappa shape index (κ1) is 15.4. The van der Waals surface area contributed by atoms with Crippen molar-refractivity contribution in [3.05, 3.63) is 65.5 Å². The summed E-state index contributed by atoms with van der Waals surface area (Å²) < 4.78 is 39.3. The summed E-state index contributed by atoms with van der Waals surface area (Å²) in [6, 6.07) is 8.02. The van der Waals surface area contributed by atoms with Gasteiger partial charge in [0.1, 0.15) is 23.1 Å². The van der Waals surface area contributed by atoms with E-state index in [-0.39, 0.29) is 12.4 Å². The standard InChI is InChI=1S/C16H11F3N2O/c17-12-8-6-11(7-9-12)3-2-10-20-16(22)21-15-13(18)4-1-5-14(15)19/h1,4-9H,10H2,(H2,20,21,22). The molecule has 112 valence electrons. The zero-order valence-electron chi connectivity index (χ0n) is 11.3. The molecule has 6 heteroatoms. The van der Waals surface area contributed by atoms with Crippen molar-refractivity contribution in [2.24, 2.45) is 0 Å². The summed E-state index contributed by atoms with van der Waals surface area (Å²) in [4.78, 5) is 11.5. The molecule has 2 aromatic rings. The van der Waals surface area contributed by atoms with Crippen molar-refractivity contribution in [1.82, 2.24) is 5.32 Å². The summed E-state index contributed by atoms with van der Waals surface area (Å²) in [5, 5.41) is 4.40. The monoisotopic (exact) mass is 304 g/mol. The molecule has 22 heavy (non-hydrogen) atoms. The van der Waals surface area contributed by atoms with Crippen LogP contribution in [0.2, 0.25) is 0 Å². The maximum absolute atomic E-state index is 13.3. The van der Waals surface area contributed by atoms with Crippen LogP contribution in [0.1, 0.15) is 5.56 Å². The first-order valence-electron chi connectivity index (χ1n) is 6.29. The first-order valence-corrected chi connectivity index (χ1v) is 6.29. The fourth-order valence-electron chi connectivity index (χ4n) is 1.58. The van der Waals surface area contributed by atoms with E-state index in [1.54, 1.807) is 0 Å². The molecule has 2 rings (SSSR count). The molecule has 2 aromatic carbocycles. The lowest BCUT2D eigenvalue weighted by atomic mass is 10.2. The molecule has 0 aliphatic rings. The van der Waals surface area contributed by atoms with E-state index in [1.807, 2.05) is 0 Å². The minimum Gasteiger partial charge on any atom is -0.327 e. The number of hydrogen-bond acceptors (Lipinski definition) is 1. The first-order chi connectivity index (χ1) is 10.6. The Labute approximate surface area is 125 Å². The Kier molecular flexibility index (Phi) is 5.04. The second-order valence-electron chi connectivity index (χ2n) is 4.21. The maximum Gasteiger partial charge on any atom is 0.320 e. The van der Waals surface area contributed by atoms with Crippen molar-refractivity contribution in [3.8, 4) is 11.8 Å². The summed E-state index contributed by atoms with van der Waals surface area (Å²) in [5.41, 5.74) is 0.0650. The number of carbonyl (C=O) groups is 1. The van der Waals surface area contributed by atoms with E-state index >= 15 is 0 Å². The summed E-state index contributed by atoms with van der Waals surface area (Å²) in [7, 11) is 0. The molecule has 0 aliphatic carbocycles. The molecule has 0 spiro atoms. The fraction of sp³-hybridized carbons (Fsp3) is 0.0625. The van der Waals surface area contributed by atoms with Crippen molar-refractivity contribution in [1.29, 1.82) is 0 Å². The molecule has 0 fully saturated rings. The van der Waals surface area contributed by atoms with Gasteiger partial charge in [-0.1, -0.05) is 17.9 Å². The largest absolute Gasteiger partial charge is 0.327 e. The van der Waals surface area contributed by atoms with Crippen LogP contribution in [0.3, 0.4) is 0 Å². The van der Waals surface area contributed by atoms with Gasteiger partial charge >= 0.3 is 6.03 Å². The van der Waals surface area contributed by atoms with Crippen LogP contribution in [0.15, 0.2) is 42.5 Å². The zero-order valence-corrected chi connectivity index (χ0v) is 11.3. The van der Waals surface area contributed by atoms with Gasteiger partial charge in [0.15, 0.2) is 0 Å². The molecule has 0 aromatic heterocycles. The Hall–Kier alpha value is -2.94. The molecule has 0 saturated heterocycles. The lowest BCUT2D eigenvalue weighted by molar-refractivity contribution is 0.253. The molecule has 3 nitrogen and oxygen atoms in total. The summed E-state index contributed by atoms with van der Waals surface area (Å²) in [6.45, 7) is -0.0285. The quantitative estimate of drug-likeness (QED) is 0.821. The molecular formula is C16H11F3N2O. The van der Waals surface area contributed by atoms with Gasteiger partial charge in [0.25, 0.3) is 0 Å². The van der Waals surface area contributed by atoms with E-state index < -0.39 is 23.4 Å². The summed E-state index contributed by atoms with van der Waals surface area (Å²) in [6.07, 6.45) is 0. The van der Waals surface area contributed by atoms with E-state index in [0.29, 0.717) is 5.56 Å². The minimum absolute atomic E-state index is 0.0285. The lowest BCUT2D eigenvalue weighted by Crippen LogP contribution is -2.29. The van der Waals surface area contributed by atoms with Crippen molar-refractivity contribution in [2.45, 2.75) is 0 Å². The number of nitrogens with one attached hydrogen (secondary N) is 2. The van der Waals surface area contributed by atoms with Crippen LogP contribution >= 0.6 is 0 Å². The smallest absolute Gasteiger partial charge is 0.320 e. The Balaban J connectivity index is 1.87. The van der Waals surface area contributed by atoms with Crippen molar-refractivity contribution < 1.29 is 18.0 Å². The molecule has 0 unspecified atom stereocenters. The number of halogens is 3. The zero-order chi connectivity index (χ0) is 15.9. The molecule has 0 atom stereocenters. The highest BCUT2D eigenvalue weighted by molar-refractivity contribution is 5.89. The average Bonchev–Trinajstić information content (AvgIpc) is 2.49. The average molecular weight is 304 g/mol. The molecule has 0 saturated carbocycles. The number of rotatable bonds is 2. The van der Waals surface area contributed by atoms with Crippen LogP contribution in [0.5, 0.6) is 0 Å². The number of para-hydroxylation sites is 1. The van der Waals surface area contributed by atoms with Crippen molar-refractivity contribution >= 4 is 11.7 Å². The number of urea groups is 1. The third-order valence-electron chi connectivity index (χ3n) is 2.62. The SMILES string of the molecule is O=C(NCC#Cc1ccc(F)cc1)Nc1c(F)cccc1F. The minimum atomic E-state index is -0.868. The van der Waals surface area contributed by atoms with Gasteiger partial charge in [0.2, 0.25) is 0 Å². The number of anilines is 1. The van der Waals surface area contributed by atoms with E-state index in [4.69, 9.17) is 0 Å². The highest BCUT2D eigenvalue weighted by Crippen LogP contribution is 2.17. The highest BCUT2D eigenvalue weighted by atomic mass is 19.1. The predicted molar refractivity (Wildman–Crippen MR) is 76.7 cm³/mol. The normalized spacial score (nSPS) is 9.59. The Bertz CT molecular complexity index is 713. The van der Waals surface area contributed by atoms with Gasteiger partial charge in [-0.25, -0.2) is 18.0 Å². The molecule has 0 aliphatic heterocycles.